The standard InChI is InChI=1S/C3H3N7O6/c4-1-2(7-16-6-1)5-8(11)3(9(12)13)10(14)15/h3H,(H2,4,6). The van der Waals surface area contributed by atoms with Crippen LogP contribution in [0.15, 0.2) is 9.74 Å². The second kappa shape index (κ2) is 4.11. The van der Waals surface area contributed by atoms with Gasteiger partial charge in [0.25, 0.3) is 0 Å². The number of azo groups is 1. The Balaban J connectivity index is 3.04. The molecule has 2 N–H and O–H groups in total. The van der Waals surface area contributed by atoms with Crippen molar-refractivity contribution in [2.75, 3.05) is 5.73 Å². The van der Waals surface area contributed by atoms with Crippen molar-refractivity contribution >= 4 is 11.6 Å². The Bertz CT molecular complexity index is 437. The molecule has 1 heterocycles. The number of rotatable bonds is 4. The minimum atomic E-state index is -2.78. The summed E-state index contributed by atoms with van der Waals surface area (Å²) >= 11 is 0. The summed E-state index contributed by atoms with van der Waals surface area (Å²) in [5.41, 5.74) is 5.07. The number of nitro groups is 2. The first kappa shape index (κ1) is 11.2. The molecule has 0 spiro atoms. The SMILES string of the molecule is Nc1nonc1N=[N+]([O-])C([N+](=O)[O-])[N+](=O)[O-]. The fourth-order valence-electron chi connectivity index (χ4n) is 0.643. The molecule has 0 saturated heterocycles. The van der Waals surface area contributed by atoms with Gasteiger partial charge in [0.1, 0.15) is 0 Å². The van der Waals surface area contributed by atoms with Crippen LogP contribution in [-0.4, -0.2) is 31.3 Å². The van der Waals surface area contributed by atoms with E-state index in [1.807, 2.05) is 0 Å². The van der Waals surface area contributed by atoms with E-state index in [4.69, 9.17) is 5.73 Å². The number of anilines is 1. The molecule has 0 fully saturated rings. The Kier molecular flexibility index (Phi) is 2.88. The summed E-state index contributed by atoms with van der Waals surface area (Å²) in [5, 5.41) is 40.1. The number of hydrogen-bond acceptors (Lipinski definition) is 10. The third-order valence-corrected chi connectivity index (χ3v) is 1.26. The molecule has 16 heavy (non-hydrogen) atoms. The molecule has 0 aromatic carbocycles. The normalized spacial score (nSPS) is 11.7. The molecule has 13 nitrogen and oxygen atoms in total. The van der Waals surface area contributed by atoms with Gasteiger partial charge in [-0.25, -0.2) is 4.63 Å². The third kappa shape index (κ3) is 2.14. The van der Waals surface area contributed by atoms with Crippen molar-refractivity contribution in [2.45, 2.75) is 6.29 Å². The minimum absolute atomic E-state index is 0.425. The van der Waals surface area contributed by atoms with E-state index in [9.17, 15) is 25.4 Å². The van der Waals surface area contributed by atoms with Crippen LogP contribution in [0.1, 0.15) is 0 Å². The summed E-state index contributed by atoms with van der Waals surface area (Å²) in [6.45, 7) is 0. The Morgan fingerprint density at radius 2 is 1.81 bits per heavy atom. The molecule has 0 bridgehead atoms. The zero-order chi connectivity index (χ0) is 12.3. The van der Waals surface area contributed by atoms with Crippen LogP contribution in [0, 0.1) is 25.4 Å². The maximum atomic E-state index is 10.9. The number of hydroxylamine groups is 1. The summed E-state index contributed by atoms with van der Waals surface area (Å²) in [5.74, 6) is -1.00. The average molecular weight is 233 g/mol. The fraction of sp³-hybridized carbons (Fsp3) is 0.333. The molecule has 0 aliphatic heterocycles. The molecule has 1 rings (SSSR count). The highest BCUT2D eigenvalue weighted by Gasteiger charge is 2.43. The minimum Gasteiger partial charge on any atom is -0.589 e. The maximum Gasteiger partial charge on any atom is 0.674 e. The van der Waals surface area contributed by atoms with E-state index in [1.165, 1.54) is 0 Å². The van der Waals surface area contributed by atoms with Gasteiger partial charge in [0.15, 0.2) is 9.85 Å². The van der Waals surface area contributed by atoms with Crippen LogP contribution in [0.3, 0.4) is 0 Å². The summed E-state index contributed by atoms with van der Waals surface area (Å²) in [6.07, 6.45) is -2.78. The van der Waals surface area contributed by atoms with Crippen LogP contribution in [0.25, 0.3) is 0 Å². The molecule has 13 heteroatoms. The highest BCUT2D eigenvalue weighted by molar-refractivity contribution is 5.47. The van der Waals surface area contributed by atoms with Gasteiger partial charge in [-0.1, -0.05) is 0 Å². The second-order valence-electron chi connectivity index (χ2n) is 2.29. The molecule has 0 aliphatic rings. The van der Waals surface area contributed by atoms with E-state index >= 15 is 0 Å². The van der Waals surface area contributed by atoms with E-state index in [1.54, 1.807) is 0 Å². The second-order valence-corrected chi connectivity index (χ2v) is 2.29. The van der Waals surface area contributed by atoms with Crippen molar-refractivity contribution in [1.29, 1.82) is 0 Å². The van der Waals surface area contributed by atoms with E-state index in [0.29, 0.717) is 0 Å². The monoisotopic (exact) mass is 233 g/mol. The van der Waals surface area contributed by atoms with Crippen LogP contribution in [0.4, 0.5) is 11.6 Å². The summed E-state index contributed by atoms with van der Waals surface area (Å²) in [7, 11) is 0. The van der Waals surface area contributed by atoms with Gasteiger partial charge in [0.05, 0.1) is 4.86 Å². The number of nitrogens with zero attached hydrogens (tertiary/aromatic N) is 6. The van der Waals surface area contributed by atoms with Crippen molar-refractivity contribution in [1.82, 2.24) is 10.3 Å². The quantitative estimate of drug-likeness (QED) is 0.225. The predicted octanol–water partition coefficient (Wildman–Crippen LogP) is -0.917. The lowest BCUT2D eigenvalue weighted by atomic mass is 10.7. The molecule has 0 radical (unpaired) electrons. The number of aromatic nitrogens is 2. The molecular formula is C3H3N7O6. The fourth-order valence-corrected chi connectivity index (χ4v) is 0.643. The van der Waals surface area contributed by atoms with Crippen molar-refractivity contribution in [3.63, 3.8) is 0 Å². The Hall–Kier alpha value is -2.86. The molecule has 0 amide bonds. The lowest BCUT2D eigenvalue weighted by Crippen LogP contribution is -2.36. The van der Waals surface area contributed by atoms with Gasteiger partial charge in [-0.05, 0) is 10.3 Å². The Labute approximate surface area is 85.0 Å². The summed E-state index contributed by atoms with van der Waals surface area (Å²) in [6, 6.07) is 0. The molecule has 86 valence electrons. The van der Waals surface area contributed by atoms with Crippen LogP contribution in [0.5, 0.6) is 0 Å². The lowest BCUT2D eigenvalue weighted by Gasteiger charge is -1.97. The van der Waals surface area contributed by atoms with E-state index < -0.39 is 32.6 Å². The van der Waals surface area contributed by atoms with Crippen molar-refractivity contribution in [3.8, 4) is 0 Å². The van der Waals surface area contributed by atoms with Crippen molar-refractivity contribution < 1.29 is 19.3 Å². The molecule has 1 aromatic rings. The largest absolute Gasteiger partial charge is 0.674 e. The molecule has 0 aliphatic carbocycles. The van der Waals surface area contributed by atoms with Crippen LogP contribution in [-0.2, 0) is 0 Å². The number of hydrogen-bond donors (Lipinski definition) is 1. The first-order valence-electron chi connectivity index (χ1n) is 3.46. The van der Waals surface area contributed by atoms with Crippen LogP contribution < -0.4 is 5.73 Å². The van der Waals surface area contributed by atoms with Gasteiger partial charge in [0.2, 0.25) is 5.82 Å². The van der Waals surface area contributed by atoms with E-state index in [0.717, 1.165) is 0 Å². The van der Waals surface area contributed by atoms with E-state index in [-0.39, 0.29) is 0 Å². The molecule has 0 saturated carbocycles. The molecule has 0 unspecified atom stereocenters. The Morgan fingerprint density at radius 1 is 1.25 bits per heavy atom. The van der Waals surface area contributed by atoms with Gasteiger partial charge in [-0.2, -0.15) is 0 Å². The summed E-state index contributed by atoms with van der Waals surface area (Å²) in [4.78, 5) is 16.7. The van der Waals surface area contributed by atoms with Gasteiger partial charge in [-0.3, -0.25) is 20.2 Å². The van der Waals surface area contributed by atoms with Crippen molar-refractivity contribution in [3.05, 3.63) is 25.4 Å². The molecule has 1 aromatic heterocycles. The molecule has 0 atom stereocenters. The number of nitrogen functional groups attached to an aromatic ring is 1. The van der Waals surface area contributed by atoms with Gasteiger partial charge < -0.3 is 10.9 Å². The highest BCUT2D eigenvalue weighted by atomic mass is 16.7. The summed E-state index contributed by atoms with van der Waals surface area (Å²) < 4.78 is 4.02. The molecular weight excluding hydrogens is 230 g/mol. The average Bonchev–Trinajstić information content (AvgIpc) is 2.50. The van der Waals surface area contributed by atoms with Crippen molar-refractivity contribution in [2.24, 2.45) is 5.11 Å². The van der Waals surface area contributed by atoms with Gasteiger partial charge in [-0.15, -0.1) is 0 Å². The van der Waals surface area contributed by atoms with Crippen LogP contribution >= 0.6 is 0 Å². The first-order valence-corrected chi connectivity index (χ1v) is 3.46. The van der Waals surface area contributed by atoms with Gasteiger partial charge in [0, 0.05) is 5.11 Å². The van der Waals surface area contributed by atoms with E-state index in [2.05, 4.69) is 20.1 Å². The highest BCUT2D eigenvalue weighted by Crippen LogP contribution is 2.15. The first-order chi connectivity index (χ1) is 7.43. The zero-order valence-electron chi connectivity index (χ0n) is 7.29. The maximum absolute atomic E-state index is 10.9. The number of nitrogens with two attached hydrogens (primary N) is 1. The smallest absolute Gasteiger partial charge is 0.589 e. The lowest BCUT2D eigenvalue weighted by molar-refractivity contribution is -0.923. The van der Waals surface area contributed by atoms with Gasteiger partial charge >= 0.3 is 12.1 Å². The topological polar surface area (TPSA) is 190 Å². The predicted molar refractivity (Wildman–Crippen MR) is 42.2 cm³/mol. The zero-order valence-corrected chi connectivity index (χ0v) is 7.29. The van der Waals surface area contributed by atoms with Crippen LogP contribution in [0.2, 0.25) is 0 Å². The Morgan fingerprint density at radius 3 is 2.19 bits per heavy atom. The third-order valence-electron chi connectivity index (χ3n) is 1.26.